The van der Waals surface area contributed by atoms with Crippen molar-refractivity contribution < 1.29 is 4.79 Å². The Morgan fingerprint density at radius 1 is 1.27 bits per heavy atom. The third kappa shape index (κ3) is 6.24. The number of amides is 2. The minimum Gasteiger partial charge on any atom is -0.357 e. The molecule has 0 aromatic heterocycles. The van der Waals surface area contributed by atoms with Crippen LogP contribution >= 0.6 is 0 Å². The molecule has 1 aliphatic rings. The van der Waals surface area contributed by atoms with Crippen molar-refractivity contribution in [2.75, 3.05) is 38.5 Å². The van der Waals surface area contributed by atoms with Crippen molar-refractivity contribution in [3.05, 3.63) is 29.8 Å². The average Bonchev–Trinajstić information content (AvgIpc) is 3.18. The topological polar surface area (TPSA) is 60.0 Å². The van der Waals surface area contributed by atoms with E-state index in [0.29, 0.717) is 6.54 Å². The fraction of sp³-hybridized carbons (Fsp3) is 0.600. The fourth-order valence-electron chi connectivity index (χ4n) is 3.01. The summed E-state index contributed by atoms with van der Waals surface area (Å²) in [4.78, 5) is 21.0. The molecule has 6 nitrogen and oxygen atoms in total. The number of rotatable bonds is 7. The Kier molecular flexibility index (Phi) is 8.25. The smallest absolute Gasteiger partial charge is 0.321 e. The van der Waals surface area contributed by atoms with Crippen molar-refractivity contribution in [1.82, 2.24) is 15.1 Å². The van der Waals surface area contributed by atoms with Gasteiger partial charge in [-0.1, -0.05) is 25.5 Å². The van der Waals surface area contributed by atoms with E-state index in [1.165, 1.54) is 6.42 Å². The number of nitrogens with one attached hydrogen (secondary N) is 2. The number of carbonyl (C=O) groups excluding carboxylic acids is 1. The third-order valence-electron chi connectivity index (χ3n) is 4.53. The number of aliphatic imine (C=N–C) groups is 1. The Morgan fingerprint density at radius 2 is 2.04 bits per heavy atom. The highest BCUT2D eigenvalue weighted by Gasteiger charge is 2.17. The van der Waals surface area contributed by atoms with Crippen LogP contribution in [0.1, 0.15) is 45.1 Å². The molecule has 1 heterocycles. The van der Waals surface area contributed by atoms with Crippen LogP contribution in [0.5, 0.6) is 0 Å². The number of urea groups is 1. The lowest BCUT2D eigenvalue weighted by Crippen LogP contribution is -2.39. The van der Waals surface area contributed by atoms with Crippen LogP contribution in [0.15, 0.2) is 29.3 Å². The number of likely N-dealkylation sites (tertiary alicyclic amines) is 1. The standard InChI is InChI=1S/C20H33N5O/c1-4-6-12-24(3)19(21-5-2)22-16-17-10-9-11-18(15-17)23-20(26)25-13-7-8-14-25/h9-11,15H,4-8,12-14,16H2,1-3H3,(H,21,22)(H,23,26). The van der Waals surface area contributed by atoms with Gasteiger partial charge < -0.3 is 20.4 Å². The van der Waals surface area contributed by atoms with Gasteiger partial charge in [-0.05, 0) is 43.9 Å². The van der Waals surface area contributed by atoms with Crippen LogP contribution in [-0.2, 0) is 6.54 Å². The van der Waals surface area contributed by atoms with Gasteiger partial charge in [0, 0.05) is 38.9 Å². The molecule has 0 radical (unpaired) electrons. The first kappa shape index (κ1) is 20.1. The number of unbranched alkanes of at least 4 members (excludes halogenated alkanes) is 1. The molecule has 0 atom stereocenters. The van der Waals surface area contributed by atoms with Gasteiger partial charge in [0.15, 0.2) is 5.96 Å². The van der Waals surface area contributed by atoms with Crippen LogP contribution in [0.2, 0.25) is 0 Å². The molecule has 0 saturated carbocycles. The van der Waals surface area contributed by atoms with Crippen LogP contribution in [0.25, 0.3) is 0 Å². The first-order valence-electron chi connectivity index (χ1n) is 9.78. The summed E-state index contributed by atoms with van der Waals surface area (Å²) in [7, 11) is 2.07. The third-order valence-corrected chi connectivity index (χ3v) is 4.53. The molecule has 0 aliphatic carbocycles. The van der Waals surface area contributed by atoms with Gasteiger partial charge in [-0.2, -0.15) is 0 Å². The fourth-order valence-corrected chi connectivity index (χ4v) is 3.01. The monoisotopic (exact) mass is 359 g/mol. The van der Waals surface area contributed by atoms with E-state index in [0.717, 1.165) is 62.7 Å². The summed E-state index contributed by atoms with van der Waals surface area (Å²) in [5, 5.41) is 6.35. The number of benzene rings is 1. The Bertz CT molecular complexity index is 596. The summed E-state index contributed by atoms with van der Waals surface area (Å²) in [6.07, 6.45) is 4.52. The number of hydrogen-bond donors (Lipinski definition) is 2. The summed E-state index contributed by atoms with van der Waals surface area (Å²) < 4.78 is 0. The van der Waals surface area contributed by atoms with Crippen LogP contribution < -0.4 is 10.6 Å². The zero-order chi connectivity index (χ0) is 18.8. The molecule has 1 fully saturated rings. The Balaban J connectivity index is 1.97. The van der Waals surface area contributed by atoms with Gasteiger partial charge in [0.1, 0.15) is 0 Å². The molecule has 6 heteroatoms. The molecular formula is C20H33N5O. The van der Waals surface area contributed by atoms with Crippen LogP contribution in [-0.4, -0.2) is 55.0 Å². The van der Waals surface area contributed by atoms with Gasteiger partial charge in [-0.25, -0.2) is 9.79 Å². The van der Waals surface area contributed by atoms with Gasteiger partial charge in [0.25, 0.3) is 0 Å². The molecule has 1 aromatic carbocycles. The maximum absolute atomic E-state index is 12.2. The largest absolute Gasteiger partial charge is 0.357 e. The zero-order valence-electron chi connectivity index (χ0n) is 16.4. The zero-order valence-corrected chi connectivity index (χ0v) is 16.4. The molecule has 0 spiro atoms. The lowest BCUT2D eigenvalue weighted by atomic mass is 10.2. The van der Waals surface area contributed by atoms with E-state index in [1.807, 2.05) is 29.2 Å². The van der Waals surface area contributed by atoms with E-state index in [1.54, 1.807) is 0 Å². The molecule has 2 amide bonds. The van der Waals surface area contributed by atoms with Crippen LogP contribution in [0.4, 0.5) is 10.5 Å². The Hall–Kier alpha value is -2.24. The second-order valence-corrected chi connectivity index (χ2v) is 6.77. The molecule has 1 aromatic rings. The van der Waals surface area contributed by atoms with Gasteiger partial charge >= 0.3 is 6.03 Å². The van der Waals surface area contributed by atoms with Gasteiger partial charge in [0.05, 0.1) is 6.54 Å². The molecular weight excluding hydrogens is 326 g/mol. The normalized spacial score (nSPS) is 14.4. The van der Waals surface area contributed by atoms with Gasteiger partial charge in [-0.15, -0.1) is 0 Å². The average molecular weight is 360 g/mol. The highest BCUT2D eigenvalue weighted by molar-refractivity contribution is 5.89. The molecule has 144 valence electrons. The van der Waals surface area contributed by atoms with Crippen molar-refractivity contribution in [3.8, 4) is 0 Å². The van der Waals surface area contributed by atoms with E-state index in [-0.39, 0.29) is 6.03 Å². The van der Waals surface area contributed by atoms with Crippen molar-refractivity contribution in [3.63, 3.8) is 0 Å². The second kappa shape index (κ2) is 10.7. The molecule has 1 aliphatic heterocycles. The first-order valence-corrected chi connectivity index (χ1v) is 9.78. The Morgan fingerprint density at radius 3 is 2.73 bits per heavy atom. The SMILES string of the molecule is CCCCN(C)C(=NCc1cccc(NC(=O)N2CCCC2)c1)NCC. The number of anilines is 1. The predicted molar refractivity (Wildman–Crippen MR) is 109 cm³/mol. The van der Waals surface area contributed by atoms with Crippen molar-refractivity contribution in [2.45, 2.75) is 46.1 Å². The quantitative estimate of drug-likeness (QED) is 0.578. The minimum absolute atomic E-state index is 0.00390. The summed E-state index contributed by atoms with van der Waals surface area (Å²) in [6, 6.07) is 7.95. The molecule has 2 rings (SSSR count). The first-order chi connectivity index (χ1) is 12.6. The lowest BCUT2D eigenvalue weighted by Gasteiger charge is -2.21. The Labute approximate surface area is 157 Å². The lowest BCUT2D eigenvalue weighted by molar-refractivity contribution is 0.222. The number of guanidine groups is 1. The molecule has 1 saturated heterocycles. The van der Waals surface area contributed by atoms with Gasteiger partial charge in [-0.3, -0.25) is 0 Å². The number of nitrogens with zero attached hydrogens (tertiary/aromatic N) is 3. The van der Waals surface area contributed by atoms with E-state index in [4.69, 9.17) is 4.99 Å². The molecule has 26 heavy (non-hydrogen) atoms. The van der Waals surface area contributed by atoms with E-state index >= 15 is 0 Å². The summed E-state index contributed by atoms with van der Waals surface area (Å²) >= 11 is 0. The summed E-state index contributed by atoms with van der Waals surface area (Å²) in [5.41, 5.74) is 1.92. The number of carbonyl (C=O) groups is 1. The molecule has 0 unspecified atom stereocenters. The molecule has 0 bridgehead atoms. The van der Waals surface area contributed by atoms with E-state index in [2.05, 4.69) is 36.4 Å². The summed E-state index contributed by atoms with van der Waals surface area (Å²) in [6.45, 7) is 8.41. The molecule has 2 N–H and O–H groups in total. The van der Waals surface area contributed by atoms with Crippen LogP contribution in [0.3, 0.4) is 0 Å². The predicted octanol–water partition coefficient (Wildman–Crippen LogP) is 3.51. The maximum atomic E-state index is 12.2. The van der Waals surface area contributed by atoms with Crippen LogP contribution in [0, 0.1) is 0 Å². The van der Waals surface area contributed by atoms with Crippen molar-refractivity contribution in [1.29, 1.82) is 0 Å². The summed E-state index contributed by atoms with van der Waals surface area (Å²) in [5.74, 6) is 0.924. The van der Waals surface area contributed by atoms with Crippen molar-refractivity contribution in [2.24, 2.45) is 4.99 Å². The minimum atomic E-state index is -0.00390. The highest BCUT2D eigenvalue weighted by Crippen LogP contribution is 2.15. The maximum Gasteiger partial charge on any atom is 0.321 e. The van der Waals surface area contributed by atoms with Gasteiger partial charge in [0.2, 0.25) is 0 Å². The van der Waals surface area contributed by atoms with E-state index < -0.39 is 0 Å². The number of hydrogen-bond acceptors (Lipinski definition) is 2. The van der Waals surface area contributed by atoms with E-state index in [9.17, 15) is 4.79 Å². The van der Waals surface area contributed by atoms with Crippen molar-refractivity contribution >= 4 is 17.7 Å². The highest BCUT2D eigenvalue weighted by atomic mass is 16.2. The second-order valence-electron chi connectivity index (χ2n) is 6.77.